The number of carbonyl (C=O) groups excluding carboxylic acids is 1. The molecule has 23 heavy (non-hydrogen) atoms. The van der Waals surface area contributed by atoms with Crippen LogP contribution in [0.1, 0.15) is 10.9 Å². The van der Waals surface area contributed by atoms with E-state index in [1.165, 1.54) is 47.0 Å². The molecule has 0 N–H and O–H groups in total. The lowest BCUT2D eigenvalue weighted by Crippen LogP contribution is -2.27. The molecular formula is C15H10ClFN2O3S. The average Bonchev–Trinajstić information content (AvgIpc) is 2.92. The fraction of sp³-hybridized carbons (Fsp3) is 0.133. The van der Waals surface area contributed by atoms with E-state index in [0.717, 1.165) is 5.56 Å². The van der Waals surface area contributed by atoms with Crippen LogP contribution in [-0.2, 0) is 4.79 Å². The molecule has 1 fully saturated rings. The highest BCUT2D eigenvalue weighted by molar-refractivity contribution is 8.00. The molecule has 5 nitrogen and oxygen atoms in total. The van der Waals surface area contributed by atoms with Gasteiger partial charge in [-0.25, -0.2) is 4.39 Å². The molecule has 0 spiro atoms. The first-order valence-electron chi connectivity index (χ1n) is 6.60. The van der Waals surface area contributed by atoms with Gasteiger partial charge in [0.05, 0.1) is 15.7 Å². The first kappa shape index (κ1) is 15.8. The second kappa shape index (κ2) is 6.17. The summed E-state index contributed by atoms with van der Waals surface area (Å²) in [6.07, 6.45) is 0. The molecule has 1 saturated heterocycles. The summed E-state index contributed by atoms with van der Waals surface area (Å²) in [5.41, 5.74) is 1.24. The van der Waals surface area contributed by atoms with Crippen molar-refractivity contribution in [1.82, 2.24) is 0 Å². The number of non-ortho nitro benzene ring substituents is 1. The van der Waals surface area contributed by atoms with Gasteiger partial charge in [0.15, 0.2) is 0 Å². The number of halogens is 2. The van der Waals surface area contributed by atoms with Crippen molar-refractivity contribution in [1.29, 1.82) is 0 Å². The van der Waals surface area contributed by atoms with Gasteiger partial charge in [0, 0.05) is 17.8 Å². The Hall–Kier alpha value is -2.12. The average molecular weight is 353 g/mol. The summed E-state index contributed by atoms with van der Waals surface area (Å²) < 4.78 is 13.3. The number of thioether (sulfide) groups is 1. The molecule has 1 amide bonds. The van der Waals surface area contributed by atoms with Gasteiger partial charge in [0.1, 0.15) is 11.2 Å². The van der Waals surface area contributed by atoms with Crippen LogP contribution >= 0.6 is 23.4 Å². The molecule has 118 valence electrons. The van der Waals surface area contributed by atoms with Gasteiger partial charge in [-0.05, 0) is 35.9 Å². The van der Waals surface area contributed by atoms with Crippen molar-refractivity contribution in [2.24, 2.45) is 0 Å². The van der Waals surface area contributed by atoms with Crippen molar-refractivity contribution >= 4 is 40.6 Å². The van der Waals surface area contributed by atoms with Gasteiger partial charge in [-0.1, -0.05) is 11.6 Å². The Balaban J connectivity index is 1.96. The Kier molecular flexibility index (Phi) is 4.23. The number of rotatable bonds is 3. The molecule has 0 radical (unpaired) electrons. The molecule has 3 rings (SSSR count). The molecule has 0 saturated carbocycles. The largest absolute Gasteiger partial charge is 0.295 e. The second-order valence-corrected chi connectivity index (χ2v) is 6.35. The van der Waals surface area contributed by atoms with Crippen molar-refractivity contribution in [3.63, 3.8) is 0 Å². The molecule has 1 heterocycles. The maximum atomic E-state index is 13.3. The molecule has 0 unspecified atom stereocenters. The zero-order valence-corrected chi connectivity index (χ0v) is 13.2. The lowest BCUT2D eigenvalue weighted by molar-refractivity contribution is -0.384. The first-order valence-corrected chi connectivity index (χ1v) is 8.03. The van der Waals surface area contributed by atoms with Crippen molar-refractivity contribution in [3.8, 4) is 0 Å². The minimum Gasteiger partial charge on any atom is -0.295 e. The van der Waals surface area contributed by atoms with Crippen LogP contribution in [0.15, 0.2) is 42.5 Å². The Morgan fingerprint density at radius 1 is 1.26 bits per heavy atom. The normalized spacial score (nSPS) is 17.6. The third-order valence-electron chi connectivity index (χ3n) is 3.44. The standard InChI is InChI=1S/C15H10ClFN2O3S/c16-12-7-11(5-6-13(12)17)18-14(20)8-23-15(18)9-1-3-10(4-2-9)19(21)22/h1-7,15H,8H2/t15-/m0/s1. The quantitative estimate of drug-likeness (QED) is 0.614. The summed E-state index contributed by atoms with van der Waals surface area (Å²) >= 11 is 7.20. The third kappa shape index (κ3) is 3.02. The number of hydrogen-bond acceptors (Lipinski definition) is 4. The summed E-state index contributed by atoms with van der Waals surface area (Å²) in [7, 11) is 0. The van der Waals surface area contributed by atoms with Crippen LogP contribution in [0.3, 0.4) is 0 Å². The van der Waals surface area contributed by atoms with E-state index in [-0.39, 0.29) is 27.7 Å². The van der Waals surface area contributed by atoms with Crippen molar-refractivity contribution in [2.45, 2.75) is 5.37 Å². The monoisotopic (exact) mass is 352 g/mol. The predicted octanol–water partition coefficient (Wildman–Crippen LogP) is 4.17. The lowest BCUT2D eigenvalue weighted by Gasteiger charge is -2.24. The van der Waals surface area contributed by atoms with E-state index in [0.29, 0.717) is 5.69 Å². The Morgan fingerprint density at radius 2 is 1.96 bits per heavy atom. The van der Waals surface area contributed by atoms with Gasteiger partial charge in [-0.3, -0.25) is 19.8 Å². The number of benzene rings is 2. The number of hydrogen-bond donors (Lipinski definition) is 0. The minimum absolute atomic E-state index is 0.0144. The van der Waals surface area contributed by atoms with E-state index < -0.39 is 10.7 Å². The summed E-state index contributed by atoms with van der Waals surface area (Å²) in [5.74, 6) is -0.404. The molecule has 8 heteroatoms. The topological polar surface area (TPSA) is 63.4 Å². The molecule has 1 aliphatic rings. The van der Waals surface area contributed by atoms with Crippen LogP contribution in [-0.4, -0.2) is 16.6 Å². The van der Waals surface area contributed by atoms with Crippen LogP contribution < -0.4 is 4.90 Å². The lowest BCUT2D eigenvalue weighted by atomic mass is 10.1. The van der Waals surface area contributed by atoms with Crippen molar-refractivity contribution < 1.29 is 14.1 Å². The summed E-state index contributed by atoms with van der Waals surface area (Å²) in [6, 6.07) is 10.1. The third-order valence-corrected chi connectivity index (χ3v) is 4.94. The highest BCUT2D eigenvalue weighted by atomic mass is 35.5. The Morgan fingerprint density at radius 3 is 2.57 bits per heavy atom. The number of nitro groups is 1. The number of amides is 1. The van der Waals surface area contributed by atoms with E-state index in [1.54, 1.807) is 12.1 Å². The maximum Gasteiger partial charge on any atom is 0.269 e. The highest BCUT2D eigenvalue weighted by Crippen LogP contribution is 2.42. The molecule has 0 bridgehead atoms. The molecule has 0 aromatic heterocycles. The fourth-order valence-corrected chi connectivity index (χ4v) is 3.70. The van der Waals surface area contributed by atoms with Crippen molar-refractivity contribution in [3.05, 3.63) is 69.0 Å². The van der Waals surface area contributed by atoms with Crippen LogP contribution in [0.2, 0.25) is 5.02 Å². The number of carbonyl (C=O) groups is 1. The van der Waals surface area contributed by atoms with Gasteiger partial charge < -0.3 is 0 Å². The zero-order chi connectivity index (χ0) is 16.6. The smallest absolute Gasteiger partial charge is 0.269 e. The van der Waals surface area contributed by atoms with Gasteiger partial charge >= 0.3 is 0 Å². The molecule has 2 aromatic rings. The van der Waals surface area contributed by atoms with E-state index in [1.807, 2.05) is 0 Å². The number of nitro benzene ring substituents is 1. The van der Waals surface area contributed by atoms with Gasteiger partial charge in [0.2, 0.25) is 5.91 Å². The maximum absolute atomic E-state index is 13.3. The van der Waals surface area contributed by atoms with E-state index in [9.17, 15) is 19.3 Å². The summed E-state index contributed by atoms with van der Waals surface area (Å²) in [6.45, 7) is 0. The predicted molar refractivity (Wildman–Crippen MR) is 87.2 cm³/mol. The fourth-order valence-electron chi connectivity index (χ4n) is 2.35. The van der Waals surface area contributed by atoms with Crippen LogP contribution in [0.5, 0.6) is 0 Å². The molecular weight excluding hydrogens is 343 g/mol. The molecule has 1 aliphatic heterocycles. The van der Waals surface area contributed by atoms with Crippen LogP contribution in [0.4, 0.5) is 15.8 Å². The van der Waals surface area contributed by atoms with E-state index in [4.69, 9.17) is 11.6 Å². The first-order chi connectivity index (χ1) is 11.0. The summed E-state index contributed by atoms with van der Waals surface area (Å²) in [5, 5.41) is 10.3. The van der Waals surface area contributed by atoms with Gasteiger partial charge in [-0.2, -0.15) is 0 Å². The molecule has 2 aromatic carbocycles. The highest BCUT2D eigenvalue weighted by Gasteiger charge is 2.34. The number of anilines is 1. The van der Waals surface area contributed by atoms with Gasteiger partial charge in [0.25, 0.3) is 5.69 Å². The van der Waals surface area contributed by atoms with Gasteiger partial charge in [-0.15, -0.1) is 11.8 Å². The summed E-state index contributed by atoms with van der Waals surface area (Å²) in [4.78, 5) is 24.0. The van der Waals surface area contributed by atoms with Crippen LogP contribution in [0.25, 0.3) is 0 Å². The second-order valence-electron chi connectivity index (χ2n) is 4.87. The molecule has 1 atom stereocenters. The molecule has 0 aliphatic carbocycles. The Labute approximate surface area is 140 Å². The van der Waals surface area contributed by atoms with E-state index >= 15 is 0 Å². The number of nitrogens with zero attached hydrogens (tertiary/aromatic N) is 2. The SMILES string of the molecule is O=C1CS[C@@H](c2ccc([N+](=O)[O-])cc2)N1c1ccc(F)c(Cl)c1. The van der Waals surface area contributed by atoms with Crippen LogP contribution in [0, 0.1) is 15.9 Å². The van der Waals surface area contributed by atoms with E-state index in [2.05, 4.69) is 0 Å². The minimum atomic E-state index is -0.554. The van der Waals surface area contributed by atoms with Crippen molar-refractivity contribution in [2.75, 3.05) is 10.7 Å². The Bertz CT molecular complexity index is 785. The zero-order valence-electron chi connectivity index (χ0n) is 11.6.